The molecular formula is C13H24N2O3. The van der Waals surface area contributed by atoms with Gasteiger partial charge in [0.25, 0.3) is 0 Å². The van der Waals surface area contributed by atoms with Crippen molar-refractivity contribution in [2.45, 2.75) is 25.3 Å². The Balaban J connectivity index is 1.91. The Labute approximate surface area is 108 Å². The van der Waals surface area contributed by atoms with Gasteiger partial charge in [0.2, 0.25) is 5.91 Å². The molecule has 3 unspecified atom stereocenters. The Hall–Kier alpha value is -0.650. The molecule has 0 spiro atoms. The van der Waals surface area contributed by atoms with Gasteiger partial charge in [-0.25, -0.2) is 0 Å². The van der Waals surface area contributed by atoms with Crippen LogP contribution in [0.25, 0.3) is 0 Å². The van der Waals surface area contributed by atoms with Gasteiger partial charge in [0.15, 0.2) is 0 Å². The number of aliphatic hydroxyl groups excluding tert-OH is 1. The molecule has 2 N–H and O–H groups in total. The number of rotatable bonds is 4. The van der Waals surface area contributed by atoms with Gasteiger partial charge in [-0.2, -0.15) is 0 Å². The van der Waals surface area contributed by atoms with Crippen LogP contribution < -0.4 is 5.32 Å². The highest BCUT2D eigenvalue weighted by Gasteiger charge is 2.36. The summed E-state index contributed by atoms with van der Waals surface area (Å²) < 4.78 is 5.40. The summed E-state index contributed by atoms with van der Waals surface area (Å²) in [5.41, 5.74) is 0. The van der Waals surface area contributed by atoms with Crippen LogP contribution in [0.1, 0.15) is 19.3 Å². The van der Waals surface area contributed by atoms with E-state index < -0.39 is 0 Å². The van der Waals surface area contributed by atoms with Crippen LogP contribution in [0, 0.1) is 11.8 Å². The van der Waals surface area contributed by atoms with Gasteiger partial charge < -0.3 is 20.1 Å². The van der Waals surface area contributed by atoms with Crippen molar-refractivity contribution in [1.29, 1.82) is 0 Å². The van der Waals surface area contributed by atoms with E-state index in [1.54, 1.807) is 0 Å². The molecule has 0 aromatic rings. The summed E-state index contributed by atoms with van der Waals surface area (Å²) in [6.07, 6.45) is 2.98. The van der Waals surface area contributed by atoms with Crippen molar-refractivity contribution in [3.05, 3.63) is 0 Å². The maximum absolute atomic E-state index is 12.5. The van der Waals surface area contributed by atoms with E-state index in [2.05, 4.69) is 5.32 Å². The molecule has 1 amide bonds. The zero-order valence-corrected chi connectivity index (χ0v) is 11.1. The normalized spacial score (nSPS) is 32.8. The van der Waals surface area contributed by atoms with Gasteiger partial charge in [-0.05, 0) is 32.2 Å². The number of piperidine rings is 1. The highest BCUT2D eigenvalue weighted by Crippen LogP contribution is 2.23. The molecule has 18 heavy (non-hydrogen) atoms. The number of likely N-dealkylation sites (N-methyl/N-ethyl adjacent to an activating group) is 1. The molecule has 5 nitrogen and oxygen atoms in total. The highest BCUT2D eigenvalue weighted by atomic mass is 16.5. The lowest BCUT2D eigenvalue weighted by atomic mass is 9.93. The fraction of sp³-hybridized carbons (Fsp3) is 0.923. The van der Waals surface area contributed by atoms with E-state index in [-0.39, 0.29) is 24.5 Å². The van der Waals surface area contributed by atoms with E-state index in [1.807, 2.05) is 11.9 Å². The highest BCUT2D eigenvalue weighted by molar-refractivity contribution is 5.80. The number of aliphatic hydroxyl groups is 1. The molecule has 2 fully saturated rings. The van der Waals surface area contributed by atoms with Gasteiger partial charge in [-0.15, -0.1) is 0 Å². The maximum Gasteiger partial charge on any atom is 0.229 e. The first kappa shape index (κ1) is 13.8. The van der Waals surface area contributed by atoms with Crippen LogP contribution in [-0.4, -0.2) is 61.9 Å². The Morgan fingerprint density at radius 3 is 3.06 bits per heavy atom. The summed E-state index contributed by atoms with van der Waals surface area (Å²) in [6.45, 7) is 3.03. The average Bonchev–Trinajstić information content (AvgIpc) is 2.87. The van der Waals surface area contributed by atoms with Crippen molar-refractivity contribution in [3.8, 4) is 0 Å². The molecule has 3 atom stereocenters. The second kappa shape index (κ2) is 6.50. The Morgan fingerprint density at radius 1 is 1.50 bits per heavy atom. The Morgan fingerprint density at radius 2 is 2.33 bits per heavy atom. The van der Waals surface area contributed by atoms with E-state index in [4.69, 9.17) is 9.84 Å². The van der Waals surface area contributed by atoms with Crippen molar-refractivity contribution in [2.75, 3.05) is 40.0 Å². The minimum Gasteiger partial charge on any atom is -0.396 e. The molecule has 2 rings (SSSR count). The van der Waals surface area contributed by atoms with E-state index in [0.29, 0.717) is 19.1 Å². The summed E-state index contributed by atoms with van der Waals surface area (Å²) >= 11 is 0. The first-order valence-corrected chi connectivity index (χ1v) is 6.91. The van der Waals surface area contributed by atoms with Crippen molar-refractivity contribution >= 4 is 5.91 Å². The maximum atomic E-state index is 12.5. The van der Waals surface area contributed by atoms with Crippen LogP contribution in [0.4, 0.5) is 0 Å². The van der Waals surface area contributed by atoms with Crippen LogP contribution in [-0.2, 0) is 9.53 Å². The molecule has 0 radical (unpaired) electrons. The largest absolute Gasteiger partial charge is 0.396 e. The molecule has 5 heteroatoms. The smallest absolute Gasteiger partial charge is 0.229 e. The van der Waals surface area contributed by atoms with E-state index in [9.17, 15) is 4.79 Å². The van der Waals surface area contributed by atoms with Gasteiger partial charge in [0.05, 0.1) is 19.1 Å². The fourth-order valence-corrected chi connectivity index (χ4v) is 3.00. The van der Waals surface area contributed by atoms with Crippen LogP contribution >= 0.6 is 0 Å². The molecule has 0 aromatic heterocycles. The molecule has 2 aliphatic heterocycles. The Bertz CT molecular complexity index is 283. The SMILES string of the molecule is CNC1COCC1C(=O)N1CCCC(CCO)C1. The van der Waals surface area contributed by atoms with Crippen LogP contribution in [0.5, 0.6) is 0 Å². The molecular weight excluding hydrogens is 232 g/mol. The first-order chi connectivity index (χ1) is 8.76. The van der Waals surface area contributed by atoms with Crippen molar-refractivity contribution < 1.29 is 14.6 Å². The van der Waals surface area contributed by atoms with Crippen LogP contribution in [0.15, 0.2) is 0 Å². The number of amides is 1. The monoisotopic (exact) mass is 256 g/mol. The second-order valence-electron chi connectivity index (χ2n) is 5.34. The lowest BCUT2D eigenvalue weighted by Crippen LogP contribution is -2.48. The third-order valence-electron chi connectivity index (χ3n) is 4.14. The molecule has 2 saturated heterocycles. The molecule has 2 aliphatic rings. The summed E-state index contributed by atoms with van der Waals surface area (Å²) in [7, 11) is 1.88. The fourth-order valence-electron chi connectivity index (χ4n) is 3.00. The topological polar surface area (TPSA) is 61.8 Å². The minimum absolute atomic E-state index is 0.0390. The molecule has 2 heterocycles. The summed E-state index contributed by atoms with van der Waals surface area (Å²) in [5.74, 6) is 0.639. The summed E-state index contributed by atoms with van der Waals surface area (Å²) in [5, 5.41) is 12.2. The molecule has 104 valence electrons. The standard InChI is InChI=1S/C13H24N2O3/c1-14-12-9-18-8-11(12)13(17)15-5-2-3-10(7-15)4-6-16/h10-12,14,16H,2-9H2,1H3. The summed E-state index contributed by atoms with van der Waals surface area (Å²) in [6, 6.07) is 0.149. The predicted octanol–water partition coefficient (Wildman–Crippen LogP) is -0.158. The van der Waals surface area contributed by atoms with Crippen LogP contribution in [0.3, 0.4) is 0 Å². The van der Waals surface area contributed by atoms with Gasteiger partial charge in [0.1, 0.15) is 0 Å². The second-order valence-corrected chi connectivity index (χ2v) is 5.34. The van der Waals surface area contributed by atoms with Gasteiger partial charge in [-0.1, -0.05) is 0 Å². The zero-order valence-electron chi connectivity index (χ0n) is 11.1. The molecule has 0 saturated carbocycles. The number of hydrogen-bond acceptors (Lipinski definition) is 4. The number of likely N-dealkylation sites (tertiary alicyclic amines) is 1. The third-order valence-corrected chi connectivity index (χ3v) is 4.14. The first-order valence-electron chi connectivity index (χ1n) is 6.91. The minimum atomic E-state index is -0.0390. The molecule has 0 aromatic carbocycles. The Kier molecular flexibility index (Phi) is 4.97. The zero-order chi connectivity index (χ0) is 13.0. The number of nitrogens with zero attached hydrogens (tertiary/aromatic N) is 1. The third kappa shape index (κ3) is 3.02. The average molecular weight is 256 g/mol. The van der Waals surface area contributed by atoms with Crippen LogP contribution in [0.2, 0.25) is 0 Å². The molecule has 0 aliphatic carbocycles. The number of carbonyl (C=O) groups excluding carboxylic acids is 1. The van der Waals surface area contributed by atoms with Gasteiger partial charge in [-0.3, -0.25) is 4.79 Å². The van der Waals surface area contributed by atoms with E-state index in [0.717, 1.165) is 32.4 Å². The van der Waals surface area contributed by atoms with Crippen molar-refractivity contribution in [2.24, 2.45) is 11.8 Å². The number of hydrogen-bond donors (Lipinski definition) is 2. The van der Waals surface area contributed by atoms with E-state index >= 15 is 0 Å². The lowest BCUT2D eigenvalue weighted by Gasteiger charge is -2.34. The number of carbonyl (C=O) groups is 1. The lowest BCUT2D eigenvalue weighted by molar-refractivity contribution is -0.138. The van der Waals surface area contributed by atoms with Crippen molar-refractivity contribution in [3.63, 3.8) is 0 Å². The van der Waals surface area contributed by atoms with Crippen molar-refractivity contribution in [1.82, 2.24) is 10.2 Å². The summed E-state index contributed by atoms with van der Waals surface area (Å²) in [4.78, 5) is 14.4. The molecule has 0 bridgehead atoms. The van der Waals surface area contributed by atoms with E-state index in [1.165, 1.54) is 0 Å². The quantitative estimate of drug-likeness (QED) is 0.734. The number of nitrogens with one attached hydrogen (secondary N) is 1. The van der Waals surface area contributed by atoms with Gasteiger partial charge >= 0.3 is 0 Å². The predicted molar refractivity (Wildman–Crippen MR) is 68.2 cm³/mol. The van der Waals surface area contributed by atoms with Gasteiger partial charge in [0, 0.05) is 25.7 Å². The number of ether oxygens (including phenoxy) is 1.